The molecule has 0 aliphatic heterocycles. The number of nitrogens with one attached hydrogen (secondary N) is 3. The first-order chi connectivity index (χ1) is 14.2. The molecule has 30 heavy (non-hydrogen) atoms. The van der Waals surface area contributed by atoms with Crippen molar-refractivity contribution in [3.05, 3.63) is 35.4 Å². The molecule has 10 heteroatoms. The predicted octanol–water partition coefficient (Wildman–Crippen LogP) is 2.68. The predicted molar refractivity (Wildman–Crippen MR) is 113 cm³/mol. The molecule has 1 aromatic rings. The summed E-state index contributed by atoms with van der Waals surface area (Å²) in [6.07, 6.45) is -0.588. The largest absolute Gasteiger partial charge is 0.416 e. The van der Waals surface area contributed by atoms with Crippen LogP contribution < -0.4 is 16.0 Å². The van der Waals surface area contributed by atoms with Gasteiger partial charge in [0.25, 0.3) is 5.91 Å². The van der Waals surface area contributed by atoms with Gasteiger partial charge in [-0.25, -0.2) is 0 Å². The number of nitrogens with zero attached hydrogens (tertiary/aromatic N) is 1. The molecule has 1 amide bonds. The molecular weight excluding hydrogens is 417 g/mol. The van der Waals surface area contributed by atoms with E-state index in [4.69, 9.17) is 0 Å². The number of aliphatic imine (C=N–C) groups is 1. The van der Waals surface area contributed by atoms with Gasteiger partial charge in [0, 0.05) is 53.5 Å². The van der Waals surface area contributed by atoms with Crippen LogP contribution >= 0.6 is 0 Å². The SMILES string of the molecule is CCS(=O)C1CCCC(NC(=NC)NCCNC(=O)c2ccc(C(F)(F)F)cc2)C1. The minimum absolute atomic E-state index is 0.169. The summed E-state index contributed by atoms with van der Waals surface area (Å²) in [5.41, 5.74) is -0.619. The highest BCUT2D eigenvalue weighted by atomic mass is 32.2. The number of guanidine groups is 1. The van der Waals surface area contributed by atoms with Crippen LogP contribution in [0.3, 0.4) is 0 Å². The van der Waals surface area contributed by atoms with Crippen LogP contribution in [-0.2, 0) is 17.0 Å². The fraction of sp³-hybridized carbons (Fsp3) is 0.600. The molecule has 1 aliphatic rings. The van der Waals surface area contributed by atoms with E-state index in [0.717, 1.165) is 49.9 Å². The molecule has 168 valence electrons. The van der Waals surface area contributed by atoms with Gasteiger partial charge in [-0.3, -0.25) is 14.0 Å². The molecule has 3 N–H and O–H groups in total. The zero-order valence-electron chi connectivity index (χ0n) is 17.2. The summed E-state index contributed by atoms with van der Waals surface area (Å²) in [5, 5.41) is 9.32. The van der Waals surface area contributed by atoms with Gasteiger partial charge in [0.1, 0.15) is 0 Å². The van der Waals surface area contributed by atoms with Crippen molar-refractivity contribution in [1.82, 2.24) is 16.0 Å². The Bertz CT molecular complexity index is 753. The lowest BCUT2D eigenvalue weighted by Crippen LogP contribution is -2.48. The maximum absolute atomic E-state index is 12.6. The van der Waals surface area contributed by atoms with E-state index in [-0.39, 0.29) is 23.4 Å². The summed E-state index contributed by atoms with van der Waals surface area (Å²) in [6.45, 7) is 2.63. The van der Waals surface area contributed by atoms with Crippen LogP contribution in [0.1, 0.15) is 48.5 Å². The normalized spacial score (nSPS) is 21.0. The van der Waals surface area contributed by atoms with E-state index >= 15 is 0 Å². The van der Waals surface area contributed by atoms with Crippen LogP contribution in [0.5, 0.6) is 0 Å². The van der Waals surface area contributed by atoms with Gasteiger partial charge in [0.2, 0.25) is 0 Å². The van der Waals surface area contributed by atoms with Crippen LogP contribution in [0.2, 0.25) is 0 Å². The second kappa shape index (κ2) is 11.3. The second-order valence-corrected chi connectivity index (χ2v) is 9.13. The van der Waals surface area contributed by atoms with E-state index in [0.29, 0.717) is 18.3 Å². The number of alkyl halides is 3. The van der Waals surface area contributed by atoms with Crippen molar-refractivity contribution in [2.24, 2.45) is 4.99 Å². The van der Waals surface area contributed by atoms with Gasteiger partial charge in [-0.1, -0.05) is 13.3 Å². The molecule has 0 aromatic heterocycles. The smallest absolute Gasteiger partial charge is 0.355 e. The number of carbonyl (C=O) groups excluding carboxylic acids is 1. The first-order valence-corrected chi connectivity index (χ1v) is 11.4. The van der Waals surface area contributed by atoms with E-state index < -0.39 is 28.4 Å². The number of hydrogen-bond donors (Lipinski definition) is 3. The maximum atomic E-state index is 12.6. The van der Waals surface area contributed by atoms with Gasteiger partial charge in [0.05, 0.1) is 5.56 Å². The maximum Gasteiger partial charge on any atom is 0.416 e. The quantitative estimate of drug-likeness (QED) is 0.342. The average molecular weight is 447 g/mol. The third-order valence-corrected chi connectivity index (χ3v) is 6.77. The van der Waals surface area contributed by atoms with Gasteiger partial charge >= 0.3 is 6.18 Å². The second-order valence-electron chi connectivity index (χ2n) is 7.13. The van der Waals surface area contributed by atoms with Crippen molar-refractivity contribution in [2.75, 3.05) is 25.9 Å². The molecule has 6 nitrogen and oxygen atoms in total. The minimum atomic E-state index is -4.42. The van der Waals surface area contributed by atoms with Crippen molar-refractivity contribution in [1.29, 1.82) is 0 Å². The average Bonchev–Trinajstić information content (AvgIpc) is 2.74. The number of rotatable bonds is 7. The molecule has 0 spiro atoms. The Balaban J connectivity index is 1.74. The Labute approximate surface area is 177 Å². The van der Waals surface area contributed by atoms with Gasteiger partial charge in [-0.05, 0) is 43.5 Å². The minimum Gasteiger partial charge on any atom is -0.355 e. The van der Waals surface area contributed by atoms with Crippen LogP contribution in [0.4, 0.5) is 13.2 Å². The molecular formula is C20H29F3N4O2S. The number of carbonyl (C=O) groups is 1. The lowest BCUT2D eigenvalue weighted by Gasteiger charge is -2.30. The summed E-state index contributed by atoms with van der Waals surface area (Å²) in [7, 11) is 0.855. The fourth-order valence-electron chi connectivity index (χ4n) is 3.41. The number of hydrogen-bond acceptors (Lipinski definition) is 3. The Morgan fingerprint density at radius 3 is 2.43 bits per heavy atom. The van der Waals surface area contributed by atoms with Gasteiger partial charge in [-0.15, -0.1) is 0 Å². The van der Waals surface area contributed by atoms with Crippen molar-refractivity contribution in [2.45, 2.75) is 50.1 Å². The van der Waals surface area contributed by atoms with E-state index in [2.05, 4.69) is 20.9 Å². The van der Waals surface area contributed by atoms with E-state index in [1.807, 2.05) is 6.92 Å². The molecule has 1 saturated carbocycles. The fourth-order valence-corrected chi connectivity index (χ4v) is 4.76. The Morgan fingerprint density at radius 1 is 1.17 bits per heavy atom. The molecule has 1 aliphatic carbocycles. The Hall–Kier alpha value is -2.10. The highest BCUT2D eigenvalue weighted by molar-refractivity contribution is 7.85. The van der Waals surface area contributed by atoms with E-state index in [1.54, 1.807) is 7.05 Å². The van der Waals surface area contributed by atoms with Crippen molar-refractivity contribution in [3.63, 3.8) is 0 Å². The van der Waals surface area contributed by atoms with Crippen molar-refractivity contribution in [3.8, 4) is 0 Å². The van der Waals surface area contributed by atoms with Gasteiger partial charge in [-0.2, -0.15) is 13.2 Å². The standard InChI is InChI=1S/C20H29F3N4O2S/c1-3-30(29)17-6-4-5-16(13-17)27-19(24-2)26-12-11-25-18(28)14-7-9-15(10-8-14)20(21,22)23/h7-10,16-17H,3-6,11-13H2,1-2H3,(H,25,28)(H2,24,26,27). The zero-order valence-corrected chi connectivity index (χ0v) is 18.0. The molecule has 3 atom stereocenters. The number of benzene rings is 1. The van der Waals surface area contributed by atoms with Crippen LogP contribution in [0.15, 0.2) is 29.3 Å². The Morgan fingerprint density at radius 2 is 1.83 bits per heavy atom. The first-order valence-electron chi connectivity index (χ1n) is 10.0. The molecule has 0 saturated heterocycles. The summed E-state index contributed by atoms with van der Waals surface area (Å²) in [5.74, 6) is 0.834. The molecule has 2 rings (SSSR count). The molecule has 1 aromatic carbocycles. The van der Waals surface area contributed by atoms with E-state index in [1.165, 1.54) is 0 Å². The molecule has 1 fully saturated rings. The van der Waals surface area contributed by atoms with Crippen LogP contribution in [-0.4, -0.2) is 53.3 Å². The highest BCUT2D eigenvalue weighted by Crippen LogP contribution is 2.29. The first kappa shape index (κ1) is 24.2. The number of halogens is 3. The molecule has 0 heterocycles. The molecule has 0 radical (unpaired) electrons. The van der Waals surface area contributed by atoms with Crippen molar-refractivity contribution < 1.29 is 22.2 Å². The summed E-state index contributed by atoms with van der Waals surface area (Å²) < 4.78 is 49.8. The monoisotopic (exact) mass is 446 g/mol. The van der Waals surface area contributed by atoms with E-state index in [9.17, 15) is 22.2 Å². The zero-order chi connectivity index (χ0) is 22.1. The summed E-state index contributed by atoms with van der Waals surface area (Å²) in [6, 6.07) is 4.30. The van der Waals surface area contributed by atoms with Crippen LogP contribution in [0, 0.1) is 0 Å². The van der Waals surface area contributed by atoms with Gasteiger partial charge < -0.3 is 16.0 Å². The third kappa shape index (κ3) is 7.30. The molecule has 0 bridgehead atoms. The Kier molecular flexibility index (Phi) is 9.13. The topological polar surface area (TPSA) is 82.6 Å². The lowest BCUT2D eigenvalue weighted by molar-refractivity contribution is -0.137. The van der Waals surface area contributed by atoms with Gasteiger partial charge in [0.15, 0.2) is 5.96 Å². The third-order valence-electron chi connectivity index (χ3n) is 5.02. The number of amides is 1. The summed E-state index contributed by atoms with van der Waals surface area (Å²) >= 11 is 0. The summed E-state index contributed by atoms with van der Waals surface area (Å²) in [4.78, 5) is 16.2. The highest BCUT2D eigenvalue weighted by Gasteiger charge is 2.30. The molecule has 3 unspecified atom stereocenters. The van der Waals surface area contributed by atoms with Crippen molar-refractivity contribution >= 4 is 22.7 Å². The lowest BCUT2D eigenvalue weighted by atomic mass is 9.95. The van der Waals surface area contributed by atoms with Crippen LogP contribution in [0.25, 0.3) is 0 Å².